The van der Waals surface area contributed by atoms with Gasteiger partial charge in [-0.3, -0.25) is 4.99 Å². The molecule has 0 unspecified atom stereocenters. The molecule has 0 aliphatic heterocycles. The average Bonchev–Trinajstić information content (AvgIpc) is 2.59. The highest BCUT2D eigenvalue weighted by Crippen LogP contribution is 2.27. The first-order valence-electron chi connectivity index (χ1n) is 8.24. The predicted molar refractivity (Wildman–Crippen MR) is 98.3 cm³/mol. The van der Waals surface area contributed by atoms with E-state index in [2.05, 4.69) is 15.6 Å². The smallest absolute Gasteiger partial charge is 0.191 e. The Balaban J connectivity index is 2.60. The van der Waals surface area contributed by atoms with E-state index in [9.17, 15) is 0 Å². The molecule has 0 spiro atoms. The van der Waals surface area contributed by atoms with Crippen molar-refractivity contribution in [2.75, 3.05) is 41.0 Å². The van der Waals surface area contributed by atoms with Crippen LogP contribution in [0.3, 0.4) is 0 Å². The number of aliphatic imine (C=N–C) groups is 1. The van der Waals surface area contributed by atoms with Gasteiger partial charge >= 0.3 is 0 Å². The summed E-state index contributed by atoms with van der Waals surface area (Å²) in [4.78, 5) is 4.57. The highest BCUT2D eigenvalue weighted by atomic mass is 16.5. The fourth-order valence-electron chi connectivity index (χ4n) is 2.04. The molecule has 0 saturated heterocycles. The number of hydrogen-bond donors (Lipinski definition) is 2. The normalized spacial score (nSPS) is 12.0. The minimum atomic E-state index is -0.272. The Bertz CT molecular complexity index is 530. The van der Waals surface area contributed by atoms with E-state index < -0.39 is 0 Å². The summed E-state index contributed by atoms with van der Waals surface area (Å²) >= 11 is 0. The van der Waals surface area contributed by atoms with E-state index in [0.717, 1.165) is 37.0 Å². The third-order valence-corrected chi connectivity index (χ3v) is 3.67. The first-order valence-corrected chi connectivity index (χ1v) is 8.24. The SMILES string of the molecule is CCNC(=NCC(C)(C)OC)NCCc1ccc(OC)c(OC)c1. The summed E-state index contributed by atoms with van der Waals surface area (Å²) in [6.07, 6.45) is 0.860. The molecule has 6 nitrogen and oxygen atoms in total. The van der Waals surface area contributed by atoms with Gasteiger partial charge in [0.05, 0.1) is 26.4 Å². The molecular formula is C18H31N3O3. The number of benzene rings is 1. The quantitative estimate of drug-likeness (QED) is 0.534. The monoisotopic (exact) mass is 337 g/mol. The third kappa shape index (κ3) is 6.66. The lowest BCUT2D eigenvalue weighted by atomic mass is 10.1. The molecule has 6 heteroatoms. The molecule has 0 fully saturated rings. The van der Waals surface area contributed by atoms with Gasteiger partial charge in [-0.15, -0.1) is 0 Å². The maximum Gasteiger partial charge on any atom is 0.191 e. The molecule has 0 aliphatic rings. The van der Waals surface area contributed by atoms with Crippen molar-refractivity contribution in [2.24, 2.45) is 4.99 Å². The van der Waals surface area contributed by atoms with Crippen LogP contribution in [0.4, 0.5) is 0 Å². The molecule has 0 heterocycles. The summed E-state index contributed by atoms with van der Waals surface area (Å²) in [6.45, 7) is 8.26. The van der Waals surface area contributed by atoms with Crippen LogP contribution < -0.4 is 20.1 Å². The minimum absolute atomic E-state index is 0.272. The van der Waals surface area contributed by atoms with E-state index in [4.69, 9.17) is 14.2 Å². The van der Waals surface area contributed by atoms with Gasteiger partial charge in [0, 0.05) is 20.2 Å². The van der Waals surface area contributed by atoms with Crippen molar-refractivity contribution in [1.29, 1.82) is 0 Å². The van der Waals surface area contributed by atoms with Gasteiger partial charge < -0.3 is 24.8 Å². The van der Waals surface area contributed by atoms with Crippen molar-refractivity contribution < 1.29 is 14.2 Å². The molecule has 24 heavy (non-hydrogen) atoms. The van der Waals surface area contributed by atoms with Crippen LogP contribution in [0.2, 0.25) is 0 Å². The van der Waals surface area contributed by atoms with Crippen LogP contribution in [-0.4, -0.2) is 52.5 Å². The molecule has 1 aromatic carbocycles. The van der Waals surface area contributed by atoms with Crippen molar-refractivity contribution >= 4 is 5.96 Å². The van der Waals surface area contributed by atoms with Gasteiger partial charge in [-0.2, -0.15) is 0 Å². The molecule has 0 aliphatic carbocycles. The average molecular weight is 337 g/mol. The fraction of sp³-hybridized carbons (Fsp3) is 0.611. The van der Waals surface area contributed by atoms with Crippen LogP contribution in [0.5, 0.6) is 11.5 Å². The number of nitrogens with zero attached hydrogens (tertiary/aromatic N) is 1. The molecule has 0 radical (unpaired) electrons. The summed E-state index contributed by atoms with van der Waals surface area (Å²) < 4.78 is 16.0. The van der Waals surface area contributed by atoms with Gasteiger partial charge in [-0.05, 0) is 44.9 Å². The lowest BCUT2D eigenvalue weighted by molar-refractivity contribution is 0.0310. The summed E-state index contributed by atoms with van der Waals surface area (Å²) in [5.74, 6) is 2.28. The zero-order chi connectivity index (χ0) is 18.0. The number of nitrogens with one attached hydrogen (secondary N) is 2. The predicted octanol–water partition coefficient (Wildman–Crippen LogP) is 2.23. The van der Waals surface area contributed by atoms with Gasteiger partial charge in [0.2, 0.25) is 0 Å². The lowest BCUT2D eigenvalue weighted by Crippen LogP contribution is -2.40. The first-order chi connectivity index (χ1) is 11.5. The van der Waals surface area contributed by atoms with E-state index in [1.807, 2.05) is 39.0 Å². The van der Waals surface area contributed by atoms with Crippen molar-refractivity contribution in [1.82, 2.24) is 10.6 Å². The van der Waals surface area contributed by atoms with Crippen LogP contribution in [0.25, 0.3) is 0 Å². The second-order valence-electron chi connectivity index (χ2n) is 6.03. The zero-order valence-corrected chi connectivity index (χ0v) is 15.7. The topological polar surface area (TPSA) is 64.1 Å². The molecule has 1 rings (SSSR count). The molecule has 0 saturated carbocycles. The largest absolute Gasteiger partial charge is 0.493 e. The maximum absolute atomic E-state index is 5.40. The highest BCUT2D eigenvalue weighted by Gasteiger charge is 2.15. The summed E-state index contributed by atoms with van der Waals surface area (Å²) in [5.41, 5.74) is 0.902. The zero-order valence-electron chi connectivity index (χ0n) is 15.7. The third-order valence-electron chi connectivity index (χ3n) is 3.67. The lowest BCUT2D eigenvalue weighted by Gasteiger charge is -2.21. The van der Waals surface area contributed by atoms with Crippen LogP contribution in [0, 0.1) is 0 Å². The van der Waals surface area contributed by atoms with Crippen LogP contribution >= 0.6 is 0 Å². The molecule has 0 bridgehead atoms. The van der Waals surface area contributed by atoms with Crippen molar-refractivity contribution in [2.45, 2.75) is 32.8 Å². The second-order valence-corrected chi connectivity index (χ2v) is 6.03. The van der Waals surface area contributed by atoms with Gasteiger partial charge in [0.15, 0.2) is 17.5 Å². The Hall–Kier alpha value is -1.95. The molecule has 0 amide bonds. The van der Waals surface area contributed by atoms with E-state index in [1.54, 1.807) is 21.3 Å². The summed E-state index contributed by atoms with van der Waals surface area (Å²) in [6, 6.07) is 5.97. The Morgan fingerprint density at radius 3 is 2.38 bits per heavy atom. The van der Waals surface area contributed by atoms with E-state index >= 15 is 0 Å². The van der Waals surface area contributed by atoms with Crippen LogP contribution in [-0.2, 0) is 11.2 Å². The number of hydrogen-bond acceptors (Lipinski definition) is 4. The molecular weight excluding hydrogens is 306 g/mol. The number of rotatable bonds is 9. The van der Waals surface area contributed by atoms with E-state index in [-0.39, 0.29) is 5.60 Å². The van der Waals surface area contributed by atoms with Crippen molar-refractivity contribution in [3.8, 4) is 11.5 Å². The van der Waals surface area contributed by atoms with Crippen molar-refractivity contribution in [3.63, 3.8) is 0 Å². The molecule has 0 aromatic heterocycles. The van der Waals surface area contributed by atoms with Crippen molar-refractivity contribution in [3.05, 3.63) is 23.8 Å². The molecule has 1 aromatic rings. The van der Waals surface area contributed by atoms with Gasteiger partial charge in [0.1, 0.15) is 0 Å². The van der Waals surface area contributed by atoms with Gasteiger partial charge in [-0.1, -0.05) is 6.07 Å². The first kappa shape index (κ1) is 20.1. The van der Waals surface area contributed by atoms with Crippen LogP contribution in [0.15, 0.2) is 23.2 Å². The Morgan fingerprint density at radius 2 is 1.79 bits per heavy atom. The van der Waals surface area contributed by atoms with Crippen LogP contribution in [0.1, 0.15) is 26.3 Å². The van der Waals surface area contributed by atoms with E-state index in [0.29, 0.717) is 6.54 Å². The number of guanidine groups is 1. The number of methoxy groups -OCH3 is 3. The van der Waals surface area contributed by atoms with E-state index in [1.165, 1.54) is 5.56 Å². The molecule has 136 valence electrons. The van der Waals surface area contributed by atoms with Gasteiger partial charge in [-0.25, -0.2) is 0 Å². The number of ether oxygens (including phenoxy) is 3. The second kappa shape index (κ2) is 10.0. The molecule has 0 atom stereocenters. The molecule has 2 N–H and O–H groups in total. The minimum Gasteiger partial charge on any atom is -0.493 e. The Labute approximate surface area is 145 Å². The Kier molecular flexibility index (Phi) is 8.40. The fourth-order valence-corrected chi connectivity index (χ4v) is 2.04. The highest BCUT2D eigenvalue weighted by molar-refractivity contribution is 5.79. The summed E-state index contributed by atoms with van der Waals surface area (Å²) in [5, 5.41) is 6.59. The Morgan fingerprint density at radius 1 is 1.08 bits per heavy atom. The standard InChI is InChI=1S/C18H31N3O3/c1-7-19-17(21-13-18(2,3)24-6)20-11-10-14-8-9-15(22-4)16(12-14)23-5/h8-9,12H,7,10-11,13H2,1-6H3,(H2,19,20,21). The van der Waals surface area contributed by atoms with Gasteiger partial charge in [0.25, 0.3) is 0 Å². The summed E-state index contributed by atoms with van der Waals surface area (Å²) in [7, 11) is 4.99. The maximum atomic E-state index is 5.40.